The Balaban J connectivity index is 2.04. The van der Waals surface area contributed by atoms with E-state index in [0.29, 0.717) is 5.54 Å². The summed E-state index contributed by atoms with van der Waals surface area (Å²) in [5, 5.41) is 0. The van der Waals surface area contributed by atoms with E-state index in [0.717, 1.165) is 0 Å². The molecule has 0 aromatic carbocycles. The predicted molar refractivity (Wildman–Crippen MR) is 52.3 cm³/mol. The second kappa shape index (κ2) is 3.37. The molecule has 2 aliphatic rings. The Labute approximate surface area is 76.1 Å². The maximum Gasteiger partial charge on any atom is 0.0206 e. The predicted octanol–water partition coefficient (Wildman–Crippen LogP) is 2.81. The van der Waals surface area contributed by atoms with E-state index in [1.54, 1.807) is 0 Å². The Kier molecular flexibility index (Phi) is 2.40. The van der Waals surface area contributed by atoms with Gasteiger partial charge in [0.15, 0.2) is 0 Å². The second-order valence-corrected chi connectivity index (χ2v) is 4.66. The highest BCUT2D eigenvalue weighted by atomic mass is 15.2. The van der Waals surface area contributed by atoms with Crippen LogP contribution in [0.2, 0.25) is 0 Å². The van der Waals surface area contributed by atoms with E-state index in [2.05, 4.69) is 11.9 Å². The summed E-state index contributed by atoms with van der Waals surface area (Å²) in [5.41, 5.74) is 0.649. The minimum Gasteiger partial charge on any atom is -0.301 e. The Morgan fingerprint density at radius 2 is 1.42 bits per heavy atom. The van der Waals surface area contributed by atoms with Gasteiger partial charge in [-0.05, 0) is 39.3 Å². The summed E-state index contributed by atoms with van der Waals surface area (Å²) in [6, 6.07) is 0. The third-order valence-electron chi connectivity index (χ3n) is 3.98. The van der Waals surface area contributed by atoms with Crippen molar-refractivity contribution in [1.82, 2.24) is 4.90 Å². The van der Waals surface area contributed by atoms with Crippen molar-refractivity contribution in [2.45, 2.75) is 56.9 Å². The molecule has 0 atom stereocenters. The van der Waals surface area contributed by atoms with Gasteiger partial charge in [0.25, 0.3) is 0 Å². The number of hydrogen-bond acceptors (Lipinski definition) is 1. The van der Waals surface area contributed by atoms with Gasteiger partial charge in [-0.25, -0.2) is 0 Å². The van der Waals surface area contributed by atoms with Crippen molar-refractivity contribution in [3.8, 4) is 0 Å². The summed E-state index contributed by atoms with van der Waals surface area (Å²) in [5.74, 6) is 0. The minimum absolute atomic E-state index is 0.649. The van der Waals surface area contributed by atoms with E-state index in [-0.39, 0.29) is 0 Å². The fourth-order valence-electron chi connectivity index (χ4n) is 3.07. The van der Waals surface area contributed by atoms with Crippen LogP contribution in [0.15, 0.2) is 0 Å². The van der Waals surface area contributed by atoms with E-state index >= 15 is 0 Å². The second-order valence-electron chi connectivity index (χ2n) is 4.66. The Morgan fingerprint density at radius 1 is 0.833 bits per heavy atom. The molecule has 2 fully saturated rings. The molecule has 0 radical (unpaired) electrons. The molecule has 12 heavy (non-hydrogen) atoms. The largest absolute Gasteiger partial charge is 0.301 e. The Hall–Kier alpha value is -0.0400. The SMILES string of the molecule is CN1CCCCC12CCCCC2. The van der Waals surface area contributed by atoms with Crippen LogP contribution in [0.5, 0.6) is 0 Å². The van der Waals surface area contributed by atoms with Gasteiger partial charge < -0.3 is 4.90 Å². The van der Waals surface area contributed by atoms with Crippen molar-refractivity contribution >= 4 is 0 Å². The molecule has 0 N–H and O–H groups in total. The number of nitrogens with zero attached hydrogens (tertiary/aromatic N) is 1. The van der Waals surface area contributed by atoms with E-state index < -0.39 is 0 Å². The summed E-state index contributed by atoms with van der Waals surface area (Å²) in [6.07, 6.45) is 11.8. The van der Waals surface area contributed by atoms with Crippen LogP contribution in [-0.2, 0) is 0 Å². The maximum atomic E-state index is 2.65. The number of rotatable bonds is 0. The first-order chi connectivity index (χ1) is 5.83. The monoisotopic (exact) mass is 167 g/mol. The molecule has 0 amide bonds. The summed E-state index contributed by atoms with van der Waals surface area (Å²) < 4.78 is 0. The highest BCUT2D eigenvalue weighted by Gasteiger charge is 2.36. The topological polar surface area (TPSA) is 3.24 Å². The smallest absolute Gasteiger partial charge is 0.0206 e. The maximum absolute atomic E-state index is 2.65. The number of piperidine rings is 1. The summed E-state index contributed by atoms with van der Waals surface area (Å²) in [4.78, 5) is 2.65. The molecule has 1 saturated heterocycles. The lowest BCUT2D eigenvalue weighted by atomic mass is 9.75. The van der Waals surface area contributed by atoms with Crippen LogP contribution in [0.25, 0.3) is 0 Å². The minimum atomic E-state index is 0.649. The van der Waals surface area contributed by atoms with Crippen LogP contribution in [0.3, 0.4) is 0 Å². The highest BCUT2D eigenvalue weighted by molar-refractivity contribution is 4.93. The van der Waals surface area contributed by atoms with Gasteiger partial charge in [0.05, 0.1) is 0 Å². The van der Waals surface area contributed by atoms with Crippen LogP contribution >= 0.6 is 0 Å². The molecule has 2 rings (SSSR count). The molecule has 0 aromatic rings. The van der Waals surface area contributed by atoms with E-state index in [1.165, 1.54) is 57.9 Å². The number of hydrogen-bond donors (Lipinski definition) is 0. The van der Waals surface area contributed by atoms with Crippen molar-refractivity contribution < 1.29 is 0 Å². The van der Waals surface area contributed by atoms with Gasteiger partial charge in [0.2, 0.25) is 0 Å². The summed E-state index contributed by atoms with van der Waals surface area (Å²) in [6.45, 7) is 1.35. The molecule has 1 heterocycles. The zero-order chi connectivity index (χ0) is 8.44. The molecule has 1 aliphatic carbocycles. The molecule has 70 valence electrons. The Bertz CT molecular complexity index is 139. The normalized spacial score (nSPS) is 30.8. The van der Waals surface area contributed by atoms with Crippen LogP contribution in [0.4, 0.5) is 0 Å². The van der Waals surface area contributed by atoms with Gasteiger partial charge in [0, 0.05) is 5.54 Å². The van der Waals surface area contributed by atoms with Gasteiger partial charge in [0.1, 0.15) is 0 Å². The first kappa shape index (κ1) is 8.55. The molecule has 1 heteroatoms. The number of likely N-dealkylation sites (tertiary alicyclic amines) is 1. The van der Waals surface area contributed by atoms with Gasteiger partial charge in [-0.15, -0.1) is 0 Å². The van der Waals surface area contributed by atoms with Crippen molar-refractivity contribution in [2.24, 2.45) is 0 Å². The third kappa shape index (κ3) is 1.39. The average molecular weight is 167 g/mol. The molecular formula is C11H21N. The van der Waals surface area contributed by atoms with Crippen molar-refractivity contribution in [3.05, 3.63) is 0 Å². The van der Waals surface area contributed by atoms with E-state index in [1.807, 2.05) is 0 Å². The fourth-order valence-corrected chi connectivity index (χ4v) is 3.07. The lowest BCUT2D eigenvalue weighted by Gasteiger charge is -2.48. The standard InChI is InChI=1S/C11H21N/c1-12-10-6-5-9-11(12)7-3-2-4-8-11/h2-10H2,1H3. The first-order valence-corrected chi connectivity index (χ1v) is 5.55. The van der Waals surface area contributed by atoms with Gasteiger partial charge in [-0.3, -0.25) is 0 Å². The van der Waals surface area contributed by atoms with Gasteiger partial charge in [-0.2, -0.15) is 0 Å². The molecule has 0 aromatic heterocycles. The highest BCUT2D eigenvalue weighted by Crippen LogP contribution is 2.39. The lowest BCUT2D eigenvalue weighted by molar-refractivity contribution is 0.0379. The van der Waals surface area contributed by atoms with Crippen LogP contribution < -0.4 is 0 Å². The molecule has 0 bridgehead atoms. The Morgan fingerprint density at radius 3 is 2.08 bits per heavy atom. The van der Waals surface area contributed by atoms with Crippen molar-refractivity contribution in [3.63, 3.8) is 0 Å². The summed E-state index contributed by atoms with van der Waals surface area (Å²) in [7, 11) is 2.34. The van der Waals surface area contributed by atoms with Crippen molar-refractivity contribution in [2.75, 3.05) is 13.6 Å². The zero-order valence-electron chi connectivity index (χ0n) is 8.31. The van der Waals surface area contributed by atoms with Gasteiger partial charge >= 0.3 is 0 Å². The molecular weight excluding hydrogens is 146 g/mol. The zero-order valence-corrected chi connectivity index (χ0v) is 8.31. The quantitative estimate of drug-likeness (QED) is 0.536. The van der Waals surface area contributed by atoms with E-state index in [9.17, 15) is 0 Å². The van der Waals surface area contributed by atoms with Crippen LogP contribution in [0, 0.1) is 0 Å². The lowest BCUT2D eigenvalue weighted by Crippen LogP contribution is -2.50. The summed E-state index contributed by atoms with van der Waals surface area (Å²) >= 11 is 0. The first-order valence-electron chi connectivity index (χ1n) is 5.55. The van der Waals surface area contributed by atoms with E-state index in [4.69, 9.17) is 0 Å². The molecule has 1 saturated carbocycles. The van der Waals surface area contributed by atoms with Gasteiger partial charge in [-0.1, -0.05) is 25.7 Å². The third-order valence-corrected chi connectivity index (χ3v) is 3.98. The average Bonchev–Trinajstić information content (AvgIpc) is 2.12. The molecule has 0 unspecified atom stereocenters. The molecule has 1 nitrogen and oxygen atoms in total. The fraction of sp³-hybridized carbons (Fsp3) is 1.00. The van der Waals surface area contributed by atoms with Crippen LogP contribution in [0.1, 0.15) is 51.4 Å². The van der Waals surface area contributed by atoms with Crippen molar-refractivity contribution in [1.29, 1.82) is 0 Å². The molecule has 1 aliphatic heterocycles. The van der Waals surface area contributed by atoms with Crippen LogP contribution in [-0.4, -0.2) is 24.0 Å². The molecule has 1 spiro atoms.